The smallest absolute Gasteiger partial charge is 0.253 e. The maximum Gasteiger partial charge on any atom is 0.253 e. The Labute approximate surface area is 131 Å². The highest BCUT2D eigenvalue weighted by atomic mass is 16.5. The second-order valence-corrected chi connectivity index (χ2v) is 6.64. The number of carbonyl (C=O) groups is 1. The van der Waals surface area contributed by atoms with E-state index in [9.17, 15) is 9.90 Å². The third kappa shape index (κ3) is 2.42. The minimum Gasteiger partial charge on any atom is -0.392 e. The quantitative estimate of drug-likeness (QED) is 0.903. The summed E-state index contributed by atoms with van der Waals surface area (Å²) in [6.07, 6.45) is 2.17. The van der Waals surface area contributed by atoms with Gasteiger partial charge in [0, 0.05) is 49.0 Å². The molecule has 0 bridgehead atoms. The van der Waals surface area contributed by atoms with Gasteiger partial charge in [-0.05, 0) is 38.8 Å². The summed E-state index contributed by atoms with van der Waals surface area (Å²) in [7, 11) is 1.71. The number of piperidine rings is 1. The number of nitrogens with zero attached hydrogens (tertiary/aromatic N) is 2. The zero-order valence-corrected chi connectivity index (χ0v) is 13.5. The number of carbonyl (C=O) groups excluding carboxylic acids is 1. The van der Waals surface area contributed by atoms with Crippen LogP contribution in [0, 0.1) is 19.3 Å². The first-order valence-electron chi connectivity index (χ1n) is 7.92. The first kappa shape index (κ1) is 15.4. The van der Waals surface area contributed by atoms with Crippen molar-refractivity contribution < 1.29 is 14.6 Å². The van der Waals surface area contributed by atoms with E-state index in [1.165, 1.54) is 0 Å². The van der Waals surface area contributed by atoms with E-state index in [-0.39, 0.29) is 23.5 Å². The molecule has 2 heterocycles. The third-order valence-corrected chi connectivity index (χ3v) is 5.34. The number of ether oxygens (including phenoxy) is 1. The Morgan fingerprint density at radius 1 is 1.32 bits per heavy atom. The molecule has 120 valence electrons. The number of rotatable bonds is 2. The molecule has 0 aromatic carbocycles. The fourth-order valence-electron chi connectivity index (χ4n) is 3.98. The van der Waals surface area contributed by atoms with Gasteiger partial charge >= 0.3 is 0 Å². The normalized spacial score (nSPS) is 26.8. The van der Waals surface area contributed by atoms with Crippen LogP contribution in [0.3, 0.4) is 0 Å². The fourth-order valence-corrected chi connectivity index (χ4v) is 3.98. The first-order chi connectivity index (χ1) is 10.5. The van der Waals surface area contributed by atoms with E-state index >= 15 is 0 Å². The number of aliphatic hydroxyl groups excluding tert-OH is 1. The summed E-state index contributed by atoms with van der Waals surface area (Å²) in [6, 6.07) is 3.69. The van der Waals surface area contributed by atoms with E-state index < -0.39 is 0 Å². The molecule has 1 aromatic rings. The molecule has 1 saturated heterocycles. The van der Waals surface area contributed by atoms with Crippen molar-refractivity contribution in [3.05, 3.63) is 29.1 Å². The van der Waals surface area contributed by atoms with Gasteiger partial charge in [0.05, 0.1) is 12.2 Å². The van der Waals surface area contributed by atoms with Crippen molar-refractivity contribution in [3.8, 4) is 0 Å². The number of amides is 1. The predicted octanol–water partition coefficient (Wildman–Crippen LogP) is 1.70. The summed E-state index contributed by atoms with van der Waals surface area (Å²) in [5.41, 5.74) is 2.30. The van der Waals surface area contributed by atoms with Crippen LogP contribution in [-0.2, 0) is 4.74 Å². The van der Waals surface area contributed by atoms with Crippen LogP contribution >= 0.6 is 0 Å². The minimum atomic E-state index is -0.292. The Morgan fingerprint density at radius 2 is 1.91 bits per heavy atom. The average Bonchev–Trinajstić information content (AvgIpc) is 2.50. The van der Waals surface area contributed by atoms with Crippen LogP contribution in [0.15, 0.2) is 12.1 Å². The summed E-state index contributed by atoms with van der Waals surface area (Å²) in [4.78, 5) is 18.9. The largest absolute Gasteiger partial charge is 0.392 e. The van der Waals surface area contributed by atoms with Crippen molar-refractivity contribution in [3.63, 3.8) is 0 Å². The second-order valence-electron chi connectivity index (χ2n) is 6.64. The molecule has 5 heteroatoms. The van der Waals surface area contributed by atoms with Crippen molar-refractivity contribution in [1.82, 2.24) is 9.88 Å². The van der Waals surface area contributed by atoms with Gasteiger partial charge < -0.3 is 14.7 Å². The fraction of sp³-hybridized carbons (Fsp3) is 0.647. The minimum absolute atomic E-state index is 0.0613. The molecule has 1 spiro atoms. The molecule has 2 atom stereocenters. The van der Waals surface area contributed by atoms with E-state index in [0.29, 0.717) is 25.1 Å². The topological polar surface area (TPSA) is 62.7 Å². The molecule has 1 aliphatic carbocycles. The van der Waals surface area contributed by atoms with Crippen molar-refractivity contribution in [2.75, 3.05) is 20.2 Å². The van der Waals surface area contributed by atoms with Gasteiger partial charge in [0.1, 0.15) is 0 Å². The molecule has 1 aliphatic heterocycles. The highest BCUT2D eigenvalue weighted by molar-refractivity contribution is 5.94. The van der Waals surface area contributed by atoms with Crippen LogP contribution in [-0.4, -0.2) is 53.3 Å². The Hall–Kier alpha value is -1.46. The van der Waals surface area contributed by atoms with Gasteiger partial charge in [-0.2, -0.15) is 0 Å². The molecule has 1 aromatic heterocycles. The maximum atomic E-state index is 12.7. The summed E-state index contributed by atoms with van der Waals surface area (Å²) in [5.74, 6) is 0.0613. The van der Waals surface area contributed by atoms with Gasteiger partial charge in [-0.15, -0.1) is 0 Å². The monoisotopic (exact) mass is 304 g/mol. The van der Waals surface area contributed by atoms with E-state index in [2.05, 4.69) is 4.98 Å². The lowest BCUT2D eigenvalue weighted by molar-refractivity contribution is -0.199. The number of pyridine rings is 1. The second kappa shape index (κ2) is 5.63. The summed E-state index contributed by atoms with van der Waals surface area (Å²) >= 11 is 0. The molecule has 5 nitrogen and oxygen atoms in total. The standard InChI is InChI=1S/C17H24N2O3/c1-11-8-13(9-12(2)18-11)16(21)19-6-4-17(5-7-19)14(20)10-15(17)22-3/h8-9,14-15,20H,4-7,10H2,1-3H3/t14-,15+/m1/s1. The van der Waals surface area contributed by atoms with Crippen LogP contribution < -0.4 is 0 Å². The lowest BCUT2D eigenvalue weighted by Gasteiger charge is -2.56. The van der Waals surface area contributed by atoms with Crippen LogP contribution in [0.5, 0.6) is 0 Å². The lowest BCUT2D eigenvalue weighted by atomic mass is 9.58. The SMILES string of the molecule is CO[C@H]1C[C@@H](O)C12CCN(C(=O)c1cc(C)nc(C)c1)CC2. The van der Waals surface area contributed by atoms with E-state index in [0.717, 1.165) is 24.2 Å². The molecule has 0 radical (unpaired) electrons. The molecule has 1 N–H and O–H groups in total. The Morgan fingerprint density at radius 3 is 2.41 bits per heavy atom. The number of aromatic nitrogens is 1. The Kier molecular flexibility index (Phi) is 3.95. The summed E-state index contributed by atoms with van der Waals surface area (Å²) < 4.78 is 5.49. The molecule has 1 amide bonds. The molecule has 3 rings (SSSR count). The lowest BCUT2D eigenvalue weighted by Crippen LogP contribution is -2.62. The van der Waals surface area contributed by atoms with Crippen molar-refractivity contribution in [1.29, 1.82) is 0 Å². The van der Waals surface area contributed by atoms with Gasteiger partial charge in [-0.1, -0.05) is 0 Å². The molecule has 2 aliphatic rings. The van der Waals surface area contributed by atoms with Crippen LogP contribution in [0.25, 0.3) is 0 Å². The number of hydrogen-bond donors (Lipinski definition) is 1. The van der Waals surface area contributed by atoms with E-state index in [1.807, 2.05) is 30.9 Å². The van der Waals surface area contributed by atoms with Crippen LogP contribution in [0.2, 0.25) is 0 Å². The molecule has 1 saturated carbocycles. The summed E-state index contributed by atoms with van der Waals surface area (Å²) in [5, 5.41) is 10.1. The van der Waals surface area contributed by atoms with Gasteiger partial charge in [-0.25, -0.2) is 0 Å². The molecular weight excluding hydrogens is 280 g/mol. The zero-order valence-electron chi connectivity index (χ0n) is 13.5. The molecule has 2 fully saturated rings. The van der Waals surface area contributed by atoms with Gasteiger partial charge in [0.2, 0.25) is 0 Å². The van der Waals surface area contributed by atoms with Gasteiger partial charge in [0.25, 0.3) is 5.91 Å². The van der Waals surface area contributed by atoms with Crippen molar-refractivity contribution in [2.45, 2.75) is 45.3 Å². The molecule has 22 heavy (non-hydrogen) atoms. The zero-order chi connectivity index (χ0) is 15.9. The van der Waals surface area contributed by atoms with Gasteiger partial charge in [0.15, 0.2) is 0 Å². The average molecular weight is 304 g/mol. The molecular formula is C17H24N2O3. The predicted molar refractivity (Wildman–Crippen MR) is 82.7 cm³/mol. The Balaban J connectivity index is 1.70. The molecule has 0 unspecified atom stereocenters. The third-order valence-electron chi connectivity index (χ3n) is 5.34. The van der Waals surface area contributed by atoms with Crippen LogP contribution in [0.4, 0.5) is 0 Å². The van der Waals surface area contributed by atoms with E-state index in [4.69, 9.17) is 4.74 Å². The highest BCUT2D eigenvalue weighted by Crippen LogP contribution is 2.50. The van der Waals surface area contributed by atoms with Crippen molar-refractivity contribution >= 4 is 5.91 Å². The number of methoxy groups -OCH3 is 1. The Bertz CT molecular complexity index is 559. The maximum absolute atomic E-state index is 12.7. The number of likely N-dealkylation sites (tertiary alicyclic amines) is 1. The van der Waals surface area contributed by atoms with Crippen LogP contribution in [0.1, 0.15) is 41.0 Å². The van der Waals surface area contributed by atoms with Gasteiger partial charge in [-0.3, -0.25) is 9.78 Å². The number of aliphatic hydroxyl groups is 1. The number of hydrogen-bond acceptors (Lipinski definition) is 4. The summed E-state index contributed by atoms with van der Waals surface area (Å²) in [6.45, 7) is 5.16. The first-order valence-corrected chi connectivity index (χ1v) is 7.92. The van der Waals surface area contributed by atoms with E-state index in [1.54, 1.807) is 7.11 Å². The highest BCUT2D eigenvalue weighted by Gasteiger charge is 2.56. The number of aryl methyl sites for hydroxylation is 2. The van der Waals surface area contributed by atoms with Crippen molar-refractivity contribution in [2.24, 2.45) is 5.41 Å².